The van der Waals surface area contributed by atoms with Gasteiger partial charge in [0.1, 0.15) is 0 Å². The number of ether oxygens (including phenoxy) is 3. The van der Waals surface area contributed by atoms with E-state index < -0.39 is 5.97 Å². The van der Waals surface area contributed by atoms with Gasteiger partial charge in [0, 0.05) is 19.8 Å². The summed E-state index contributed by atoms with van der Waals surface area (Å²) < 4.78 is 18.4. The molecule has 3 heteroatoms. The molecule has 0 aliphatic rings. The summed E-state index contributed by atoms with van der Waals surface area (Å²) in [7, 11) is 0. The van der Waals surface area contributed by atoms with E-state index in [1.807, 2.05) is 20.8 Å². The third-order valence-corrected chi connectivity index (χ3v) is 5.10. The van der Waals surface area contributed by atoms with Crippen LogP contribution in [0.1, 0.15) is 96.6 Å². The first-order valence-electron chi connectivity index (χ1n) is 11.2. The maximum absolute atomic E-state index is 6.13. The van der Waals surface area contributed by atoms with E-state index in [0.717, 1.165) is 12.8 Å². The fourth-order valence-electron chi connectivity index (χ4n) is 3.69. The molecular weight excluding hydrogens is 336 g/mol. The summed E-state index contributed by atoms with van der Waals surface area (Å²) in [5.74, 6) is -0.912. The second-order valence-corrected chi connectivity index (χ2v) is 7.11. The predicted octanol–water partition coefficient (Wildman–Crippen LogP) is 6.85. The van der Waals surface area contributed by atoms with Crippen LogP contribution in [0.15, 0.2) is 24.3 Å². The van der Waals surface area contributed by atoms with Gasteiger partial charge in [0.05, 0.1) is 5.92 Å². The van der Waals surface area contributed by atoms with E-state index in [1.54, 1.807) is 0 Å². The van der Waals surface area contributed by atoms with Crippen LogP contribution in [0.4, 0.5) is 0 Å². The number of rotatable bonds is 16. The van der Waals surface area contributed by atoms with Crippen LogP contribution in [-0.4, -0.2) is 25.8 Å². The van der Waals surface area contributed by atoms with Gasteiger partial charge in [-0.25, -0.2) is 0 Å². The average molecular weight is 379 g/mol. The van der Waals surface area contributed by atoms with Gasteiger partial charge < -0.3 is 14.2 Å². The zero-order chi connectivity index (χ0) is 20.0. The van der Waals surface area contributed by atoms with Crippen LogP contribution in [0.3, 0.4) is 0 Å². The molecule has 27 heavy (non-hydrogen) atoms. The van der Waals surface area contributed by atoms with E-state index in [0.29, 0.717) is 19.8 Å². The van der Waals surface area contributed by atoms with Crippen LogP contribution >= 0.6 is 0 Å². The maximum Gasteiger partial charge on any atom is 0.290 e. The highest BCUT2D eigenvalue weighted by molar-refractivity contribution is 5.26. The van der Waals surface area contributed by atoms with Crippen LogP contribution in [-0.2, 0) is 20.6 Å². The molecule has 0 saturated heterocycles. The molecule has 1 aromatic carbocycles. The van der Waals surface area contributed by atoms with Gasteiger partial charge in [-0.3, -0.25) is 0 Å². The topological polar surface area (TPSA) is 27.7 Å². The lowest BCUT2D eigenvalue weighted by atomic mass is 9.89. The van der Waals surface area contributed by atoms with Crippen LogP contribution in [0.5, 0.6) is 0 Å². The summed E-state index contributed by atoms with van der Waals surface area (Å²) in [6, 6.07) is 8.90. The average Bonchev–Trinajstić information content (AvgIpc) is 2.68. The minimum absolute atomic E-state index is 0.0782. The van der Waals surface area contributed by atoms with Crippen LogP contribution in [0.2, 0.25) is 0 Å². The number of aryl methyl sites for hydroxylation is 1. The molecule has 1 unspecified atom stereocenters. The first kappa shape index (κ1) is 24.1. The van der Waals surface area contributed by atoms with Gasteiger partial charge in [0.25, 0.3) is 5.97 Å². The van der Waals surface area contributed by atoms with Gasteiger partial charge in [0.15, 0.2) is 0 Å². The van der Waals surface area contributed by atoms with E-state index in [4.69, 9.17) is 14.2 Å². The first-order chi connectivity index (χ1) is 13.2. The molecule has 0 radical (unpaired) electrons. The lowest BCUT2D eigenvalue weighted by Gasteiger charge is -2.39. The molecule has 0 saturated carbocycles. The molecule has 1 atom stereocenters. The van der Waals surface area contributed by atoms with Gasteiger partial charge in [-0.15, -0.1) is 0 Å². The van der Waals surface area contributed by atoms with E-state index in [1.165, 1.54) is 49.7 Å². The molecule has 1 rings (SSSR count). The van der Waals surface area contributed by atoms with Gasteiger partial charge in [-0.1, -0.05) is 76.6 Å². The van der Waals surface area contributed by atoms with Gasteiger partial charge >= 0.3 is 0 Å². The Labute approximate surface area is 167 Å². The number of hydrogen-bond acceptors (Lipinski definition) is 3. The Morgan fingerprint density at radius 1 is 0.704 bits per heavy atom. The molecule has 0 aliphatic heterocycles. The van der Waals surface area contributed by atoms with E-state index in [9.17, 15) is 0 Å². The molecule has 0 spiro atoms. The normalized spacial score (nSPS) is 13.1. The smallest absolute Gasteiger partial charge is 0.290 e. The van der Waals surface area contributed by atoms with Gasteiger partial charge in [-0.2, -0.15) is 0 Å². The highest BCUT2D eigenvalue weighted by atomic mass is 16.9. The Bertz CT molecular complexity index is 452. The molecule has 0 heterocycles. The van der Waals surface area contributed by atoms with Crippen molar-refractivity contribution in [1.29, 1.82) is 0 Å². The van der Waals surface area contributed by atoms with Crippen LogP contribution in [0.25, 0.3) is 0 Å². The highest BCUT2D eigenvalue weighted by Gasteiger charge is 2.42. The van der Waals surface area contributed by atoms with E-state index in [2.05, 4.69) is 38.1 Å². The molecule has 0 aliphatic carbocycles. The summed E-state index contributed by atoms with van der Waals surface area (Å²) in [6.45, 7) is 12.2. The summed E-state index contributed by atoms with van der Waals surface area (Å²) in [4.78, 5) is 0. The summed E-state index contributed by atoms with van der Waals surface area (Å²) in [5, 5.41) is 0. The van der Waals surface area contributed by atoms with Crippen molar-refractivity contribution in [2.24, 2.45) is 0 Å². The van der Waals surface area contributed by atoms with Crippen LogP contribution in [0, 0.1) is 0 Å². The minimum Gasteiger partial charge on any atom is -0.327 e. The number of unbranched alkanes of at least 4 members (excludes halogenated alkanes) is 5. The maximum atomic E-state index is 6.13. The monoisotopic (exact) mass is 378 g/mol. The van der Waals surface area contributed by atoms with Crippen molar-refractivity contribution in [3.63, 3.8) is 0 Å². The lowest BCUT2D eigenvalue weighted by Crippen LogP contribution is -2.45. The second kappa shape index (κ2) is 14.1. The van der Waals surface area contributed by atoms with Gasteiger partial charge in [-0.05, 0) is 44.7 Å². The largest absolute Gasteiger partial charge is 0.327 e. The van der Waals surface area contributed by atoms with Crippen molar-refractivity contribution >= 4 is 0 Å². The Kier molecular flexibility index (Phi) is 12.6. The fraction of sp³-hybridized carbons (Fsp3) is 0.750. The highest BCUT2D eigenvalue weighted by Crippen LogP contribution is 2.38. The molecule has 0 N–H and O–H groups in total. The third-order valence-electron chi connectivity index (χ3n) is 5.10. The number of benzene rings is 1. The standard InChI is InChI=1S/C24H42O3/c1-6-11-12-13-14-15-16-23(22-19-17-21(7-2)18-20-22)24(25-8-3,26-9-4)27-10-5/h17-20,23H,6-16H2,1-5H3. The van der Waals surface area contributed by atoms with Crippen LogP contribution < -0.4 is 0 Å². The molecular formula is C24H42O3. The SMILES string of the molecule is CCCCCCCCC(c1ccc(CC)cc1)C(OCC)(OCC)OCC. The zero-order valence-corrected chi connectivity index (χ0v) is 18.4. The fourth-order valence-corrected chi connectivity index (χ4v) is 3.69. The Morgan fingerprint density at radius 3 is 1.70 bits per heavy atom. The quantitative estimate of drug-likeness (QED) is 0.233. The summed E-state index contributed by atoms with van der Waals surface area (Å²) in [5.41, 5.74) is 2.60. The molecule has 0 amide bonds. The minimum atomic E-state index is -0.991. The lowest BCUT2D eigenvalue weighted by molar-refractivity contribution is -0.389. The van der Waals surface area contributed by atoms with Crippen molar-refractivity contribution in [2.75, 3.05) is 19.8 Å². The molecule has 156 valence electrons. The second-order valence-electron chi connectivity index (χ2n) is 7.11. The van der Waals surface area contributed by atoms with Crippen molar-refractivity contribution in [2.45, 2.75) is 97.9 Å². The third kappa shape index (κ3) is 7.93. The molecule has 1 aromatic rings. The zero-order valence-electron chi connectivity index (χ0n) is 18.4. The Hall–Kier alpha value is -0.900. The molecule has 0 aromatic heterocycles. The summed E-state index contributed by atoms with van der Waals surface area (Å²) >= 11 is 0. The van der Waals surface area contributed by atoms with Gasteiger partial charge in [0.2, 0.25) is 0 Å². The number of hydrogen-bond donors (Lipinski definition) is 0. The van der Waals surface area contributed by atoms with Crippen molar-refractivity contribution in [1.82, 2.24) is 0 Å². The first-order valence-corrected chi connectivity index (χ1v) is 11.2. The molecule has 3 nitrogen and oxygen atoms in total. The van der Waals surface area contributed by atoms with Crippen molar-refractivity contribution in [3.8, 4) is 0 Å². The Morgan fingerprint density at radius 2 is 1.22 bits per heavy atom. The molecule has 0 fully saturated rings. The molecule has 0 bridgehead atoms. The van der Waals surface area contributed by atoms with Crippen molar-refractivity contribution < 1.29 is 14.2 Å². The summed E-state index contributed by atoms with van der Waals surface area (Å²) in [6.07, 6.45) is 9.74. The van der Waals surface area contributed by atoms with Crippen molar-refractivity contribution in [3.05, 3.63) is 35.4 Å². The predicted molar refractivity (Wildman–Crippen MR) is 114 cm³/mol. The van der Waals surface area contributed by atoms with E-state index >= 15 is 0 Å². The van der Waals surface area contributed by atoms with E-state index in [-0.39, 0.29) is 5.92 Å². The Balaban J connectivity index is 3.00.